The van der Waals surface area contributed by atoms with Gasteiger partial charge in [-0.15, -0.1) is 5.10 Å². The van der Waals surface area contributed by atoms with E-state index in [0.29, 0.717) is 23.5 Å². The molecule has 0 radical (unpaired) electrons. The summed E-state index contributed by atoms with van der Waals surface area (Å²) in [6.07, 6.45) is -0.157. The second-order valence-corrected chi connectivity index (χ2v) is 13.4. The number of amides is 2. The Morgan fingerprint density at radius 3 is 2.38 bits per heavy atom. The minimum absolute atomic E-state index is 0.0130. The molecule has 2 aliphatic rings. The molecule has 3 N–H and O–H groups in total. The number of aromatic hydroxyl groups is 1. The molecular formula is C36H35ClF5N9O5. The van der Waals surface area contributed by atoms with Gasteiger partial charge in [0.25, 0.3) is 11.5 Å². The largest absolute Gasteiger partial charge is 0.504 e. The van der Waals surface area contributed by atoms with Crippen LogP contribution in [-0.2, 0) is 36.8 Å². The van der Waals surface area contributed by atoms with E-state index >= 15 is 0 Å². The van der Waals surface area contributed by atoms with Crippen LogP contribution >= 0.6 is 11.6 Å². The monoisotopic (exact) mass is 803 g/mol. The number of halogens is 6. The fourth-order valence-corrected chi connectivity index (χ4v) is 7.02. The Hall–Kier alpha value is -5.69. The Kier molecular flexibility index (Phi) is 11.6. The van der Waals surface area contributed by atoms with Crippen molar-refractivity contribution < 1.29 is 41.8 Å². The average molecular weight is 804 g/mol. The molecule has 7 rings (SSSR count). The molecule has 3 aromatic heterocycles. The van der Waals surface area contributed by atoms with Gasteiger partial charge in [-0.1, -0.05) is 30.7 Å². The predicted octanol–water partition coefficient (Wildman–Crippen LogP) is 4.89. The summed E-state index contributed by atoms with van der Waals surface area (Å²) in [4.78, 5) is 57.1. The van der Waals surface area contributed by atoms with Gasteiger partial charge in [0.2, 0.25) is 11.7 Å². The molecule has 20 heteroatoms. The quantitative estimate of drug-likeness (QED) is 0.193. The average Bonchev–Trinajstić information content (AvgIpc) is 3.82. The first-order valence-corrected chi connectivity index (χ1v) is 17.8. The van der Waals surface area contributed by atoms with Gasteiger partial charge in [-0.2, -0.15) is 31.5 Å². The van der Waals surface area contributed by atoms with Crippen molar-refractivity contribution in [2.75, 3.05) is 36.4 Å². The Morgan fingerprint density at radius 2 is 1.71 bits per heavy atom. The van der Waals surface area contributed by atoms with Gasteiger partial charge in [0.15, 0.2) is 17.3 Å². The number of nitrogens with one attached hydrogen (secondary N) is 1. The fourth-order valence-electron chi connectivity index (χ4n) is 6.79. The van der Waals surface area contributed by atoms with Crippen LogP contribution in [0.3, 0.4) is 0 Å². The maximum absolute atomic E-state index is 14.3. The molecule has 1 aliphatic heterocycles. The molecule has 4 heterocycles. The van der Waals surface area contributed by atoms with Crippen molar-refractivity contribution >= 4 is 40.6 Å². The third-order valence-corrected chi connectivity index (χ3v) is 9.79. The third-order valence-electron chi connectivity index (χ3n) is 9.48. The third kappa shape index (κ3) is 8.28. The van der Waals surface area contributed by atoms with Crippen LogP contribution in [0.5, 0.6) is 5.75 Å². The van der Waals surface area contributed by atoms with Crippen LogP contribution in [0, 0.1) is 6.92 Å². The normalized spacial score (nSPS) is 14.2. The second-order valence-electron chi connectivity index (χ2n) is 13.0. The molecule has 56 heavy (non-hydrogen) atoms. The zero-order chi connectivity index (χ0) is 40.5. The van der Waals surface area contributed by atoms with Gasteiger partial charge in [-0.05, 0) is 68.0 Å². The molecule has 1 fully saturated rings. The molecule has 296 valence electrons. The fraction of sp³-hybridized carbons (Fsp3) is 0.361. The van der Waals surface area contributed by atoms with Gasteiger partial charge >= 0.3 is 12.8 Å². The van der Waals surface area contributed by atoms with Crippen LogP contribution in [0.4, 0.5) is 33.3 Å². The number of nitrogens with zero attached hydrogens (tertiary/aromatic N) is 8. The number of anilines is 2. The van der Waals surface area contributed by atoms with E-state index in [-0.39, 0.29) is 72.0 Å². The number of hydrogen-bond donors (Lipinski definition) is 3. The number of alkyl halides is 5. The lowest BCUT2D eigenvalue weighted by Gasteiger charge is -2.36. The SMILES string of the molecule is CCc1c(N2CCN(C(=O)c3ncnc(C)c3O)CC2)c(=O)n2nc(-c3ccc4c(c3)CCC4)nc2n1CC(=O)Nc1ccc(C(F)(F)F)cc1Cl.OC(F)F. The van der Waals surface area contributed by atoms with Crippen LogP contribution in [0.15, 0.2) is 47.5 Å². The molecular weight excluding hydrogens is 769 g/mol. The van der Waals surface area contributed by atoms with E-state index in [1.807, 2.05) is 30.0 Å². The van der Waals surface area contributed by atoms with E-state index < -0.39 is 35.7 Å². The summed E-state index contributed by atoms with van der Waals surface area (Å²) in [6, 6.07) is 8.60. The Balaban J connectivity index is 0.00000127. The lowest BCUT2D eigenvalue weighted by Crippen LogP contribution is -2.51. The van der Waals surface area contributed by atoms with Gasteiger partial charge < -0.3 is 29.9 Å². The van der Waals surface area contributed by atoms with Crippen molar-refractivity contribution in [2.24, 2.45) is 0 Å². The smallest absolute Gasteiger partial charge is 0.416 e. The number of hydrogen-bond acceptors (Lipinski definition) is 10. The Morgan fingerprint density at radius 1 is 1.02 bits per heavy atom. The maximum atomic E-state index is 14.3. The van der Waals surface area contributed by atoms with Crippen LogP contribution in [0.25, 0.3) is 17.2 Å². The first-order valence-electron chi connectivity index (χ1n) is 17.4. The number of benzene rings is 2. The first-order chi connectivity index (χ1) is 26.6. The van der Waals surface area contributed by atoms with Gasteiger partial charge in [0.1, 0.15) is 18.6 Å². The molecule has 5 aromatic rings. The number of aliphatic hydroxyl groups is 1. The second kappa shape index (κ2) is 16.2. The van der Waals surface area contributed by atoms with E-state index in [1.165, 1.54) is 22.4 Å². The first kappa shape index (κ1) is 40.0. The molecule has 0 saturated carbocycles. The standard InChI is InChI=1S/C35H33ClF3N9O4.CH2F2O/c1-3-26-29(45-11-13-46(14-12-45)32(51)28-30(50)19(2)40-18-41-28)33(52)48-34(43-31(44-48)22-8-7-20-5-4-6-21(20)15-22)47(26)17-27(49)42-25-10-9-23(16-24(25)36)35(37,38)39;2-1(3)4/h7-10,15-16,18,50H,3-6,11-14,17H2,1-2H3,(H,42,49);1,4H. The summed E-state index contributed by atoms with van der Waals surface area (Å²) in [5, 5.41) is 24.0. The van der Waals surface area contributed by atoms with Gasteiger partial charge in [-0.3, -0.25) is 14.4 Å². The number of fused-ring (bicyclic) bond motifs is 2. The molecule has 0 bridgehead atoms. The van der Waals surface area contributed by atoms with Gasteiger partial charge in [-0.25, -0.2) is 9.97 Å². The zero-order valence-corrected chi connectivity index (χ0v) is 30.7. The molecule has 1 saturated heterocycles. The van der Waals surface area contributed by atoms with E-state index in [4.69, 9.17) is 21.7 Å². The highest BCUT2D eigenvalue weighted by Gasteiger charge is 2.32. The van der Waals surface area contributed by atoms with Crippen molar-refractivity contribution in [2.45, 2.75) is 58.9 Å². The summed E-state index contributed by atoms with van der Waals surface area (Å²) in [6.45, 7) is 0.739. The van der Waals surface area contributed by atoms with Gasteiger partial charge in [0, 0.05) is 31.7 Å². The molecule has 14 nitrogen and oxygen atoms in total. The van der Waals surface area contributed by atoms with Crippen LogP contribution in [-0.4, -0.2) is 88.9 Å². The van der Waals surface area contributed by atoms with E-state index in [0.717, 1.165) is 42.0 Å². The maximum Gasteiger partial charge on any atom is 0.416 e. The van der Waals surface area contributed by atoms with Crippen molar-refractivity contribution in [1.82, 2.24) is 34.0 Å². The van der Waals surface area contributed by atoms with Crippen LogP contribution < -0.4 is 15.8 Å². The van der Waals surface area contributed by atoms with Crippen molar-refractivity contribution in [3.63, 3.8) is 0 Å². The number of rotatable bonds is 7. The lowest BCUT2D eigenvalue weighted by molar-refractivity contribution is -0.137. The van der Waals surface area contributed by atoms with E-state index in [2.05, 4.69) is 20.4 Å². The highest BCUT2D eigenvalue weighted by atomic mass is 35.5. The lowest BCUT2D eigenvalue weighted by atomic mass is 10.1. The molecule has 2 amide bonds. The number of aromatic nitrogens is 6. The van der Waals surface area contributed by atoms with Crippen LogP contribution in [0.1, 0.15) is 51.9 Å². The molecule has 2 aromatic carbocycles. The molecule has 1 aliphatic carbocycles. The van der Waals surface area contributed by atoms with Crippen molar-refractivity contribution in [3.8, 4) is 17.1 Å². The number of aliphatic hydroxyl groups excluding tert-OH is 1. The van der Waals surface area contributed by atoms with Gasteiger partial charge in [0.05, 0.1) is 27.7 Å². The summed E-state index contributed by atoms with van der Waals surface area (Å²) in [7, 11) is 0. The van der Waals surface area contributed by atoms with E-state index in [9.17, 15) is 41.4 Å². The Bertz CT molecular complexity index is 2360. The summed E-state index contributed by atoms with van der Waals surface area (Å²) >= 11 is 6.14. The minimum Gasteiger partial charge on any atom is -0.504 e. The number of carbonyl (C=O) groups is 2. The summed E-state index contributed by atoms with van der Waals surface area (Å²) < 4.78 is 62.2. The Labute approximate surface area is 320 Å². The molecule has 0 spiro atoms. The molecule has 0 unspecified atom stereocenters. The zero-order valence-electron chi connectivity index (χ0n) is 29.9. The highest BCUT2D eigenvalue weighted by Crippen LogP contribution is 2.34. The minimum atomic E-state index is -4.61. The predicted molar refractivity (Wildman–Crippen MR) is 194 cm³/mol. The number of aryl methyl sites for hydroxylation is 3. The van der Waals surface area contributed by atoms with E-state index in [1.54, 1.807) is 11.5 Å². The summed E-state index contributed by atoms with van der Waals surface area (Å²) in [5.74, 6) is -0.984. The number of piperazine rings is 1. The topological polar surface area (TPSA) is 171 Å². The summed E-state index contributed by atoms with van der Waals surface area (Å²) in [5.41, 5.74) is 2.64. The number of carbonyl (C=O) groups excluding carboxylic acids is 2. The molecule has 0 atom stereocenters. The van der Waals surface area contributed by atoms with Crippen molar-refractivity contribution in [3.05, 3.63) is 91.9 Å². The highest BCUT2D eigenvalue weighted by molar-refractivity contribution is 6.33. The van der Waals surface area contributed by atoms with Crippen LogP contribution in [0.2, 0.25) is 5.02 Å². The van der Waals surface area contributed by atoms with Crippen molar-refractivity contribution in [1.29, 1.82) is 0 Å².